The minimum Gasteiger partial charge on any atom is -0.357 e. The molecule has 2 fully saturated rings. The monoisotopic (exact) mass is 406 g/mol. The minimum atomic E-state index is -0.574. The molecule has 2 unspecified atom stereocenters. The number of benzene rings is 1. The van der Waals surface area contributed by atoms with E-state index in [1.165, 1.54) is 12.1 Å². The summed E-state index contributed by atoms with van der Waals surface area (Å²) in [5.41, 5.74) is 0.459. The molecule has 1 heterocycles. The second-order valence-electron chi connectivity index (χ2n) is 8.18. The van der Waals surface area contributed by atoms with Crippen LogP contribution in [0, 0.1) is 17.6 Å². The zero-order valence-corrected chi connectivity index (χ0v) is 17.4. The number of aliphatic imine (C=N–C) groups is 1. The Hall–Kier alpha value is -2.18. The standard InChI is InChI=1S/C22H32F2N4O/c1-3-25-22(26-13-15(2)19-9-8-17(23)12-20(19)24)27-18-10-11-28(14-18)21(29)16-6-4-5-7-16/h8-9,12,15-16,18H,3-7,10-11,13-14H2,1-2H3,(H2,25,26,27). The molecule has 2 atom stereocenters. The number of nitrogens with one attached hydrogen (secondary N) is 2. The highest BCUT2D eigenvalue weighted by Crippen LogP contribution is 2.28. The predicted octanol–water partition coefficient (Wildman–Crippen LogP) is 3.41. The second-order valence-corrected chi connectivity index (χ2v) is 8.18. The van der Waals surface area contributed by atoms with E-state index in [1.807, 2.05) is 18.7 Å². The van der Waals surface area contributed by atoms with E-state index in [1.54, 1.807) is 0 Å². The number of carbonyl (C=O) groups is 1. The first-order valence-electron chi connectivity index (χ1n) is 10.8. The number of likely N-dealkylation sites (tertiary alicyclic amines) is 1. The molecule has 0 radical (unpaired) electrons. The van der Waals surface area contributed by atoms with Crippen molar-refractivity contribution in [1.29, 1.82) is 0 Å². The molecule has 0 aromatic heterocycles. The van der Waals surface area contributed by atoms with Gasteiger partial charge in [-0.25, -0.2) is 8.78 Å². The van der Waals surface area contributed by atoms with Gasteiger partial charge in [-0.05, 0) is 37.8 Å². The van der Waals surface area contributed by atoms with Gasteiger partial charge in [-0.15, -0.1) is 0 Å². The zero-order valence-electron chi connectivity index (χ0n) is 17.4. The molecule has 7 heteroatoms. The summed E-state index contributed by atoms with van der Waals surface area (Å²) < 4.78 is 27.1. The van der Waals surface area contributed by atoms with E-state index in [9.17, 15) is 13.6 Å². The Labute approximate surface area is 172 Å². The Kier molecular flexibility index (Phi) is 7.45. The number of rotatable bonds is 6. The fraction of sp³-hybridized carbons (Fsp3) is 0.636. The summed E-state index contributed by atoms with van der Waals surface area (Å²) in [6.07, 6.45) is 5.27. The maximum Gasteiger partial charge on any atom is 0.225 e. The van der Waals surface area contributed by atoms with Gasteiger partial charge in [0.1, 0.15) is 11.6 Å². The third kappa shape index (κ3) is 5.67. The van der Waals surface area contributed by atoms with Crippen LogP contribution in [-0.4, -0.2) is 49.0 Å². The topological polar surface area (TPSA) is 56.7 Å². The molecule has 1 amide bonds. The molecule has 29 heavy (non-hydrogen) atoms. The third-order valence-corrected chi connectivity index (χ3v) is 5.91. The van der Waals surface area contributed by atoms with Crippen molar-refractivity contribution < 1.29 is 13.6 Å². The highest BCUT2D eigenvalue weighted by molar-refractivity contribution is 5.81. The maximum absolute atomic E-state index is 14.0. The highest BCUT2D eigenvalue weighted by Gasteiger charge is 2.32. The van der Waals surface area contributed by atoms with Gasteiger partial charge in [-0.3, -0.25) is 9.79 Å². The van der Waals surface area contributed by atoms with Gasteiger partial charge in [-0.1, -0.05) is 25.8 Å². The van der Waals surface area contributed by atoms with Crippen molar-refractivity contribution in [2.45, 2.75) is 57.9 Å². The van der Waals surface area contributed by atoms with Crippen LogP contribution in [0.15, 0.2) is 23.2 Å². The van der Waals surface area contributed by atoms with Gasteiger partial charge in [0.25, 0.3) is 0 Å². The van der Waals surface area contributed by atoms with Gasteiger partial charge in [0.05, 0.1) is 0 Å². The summed E-state index contributed by atoms with van der Waals surface area (Å²) >= 11 is 0. The second kappa shape index (κ2) is 10.0. The van der Waals surface area contributed by atoms with E-state index in [2.05, 4.69) is 15.6 Å². The first kappa shape index (κ1) is 21.5. The zero-order chi connectivity index (χ0) is 20.8. The minimum absolute atomic E-state index is 0.163. The lowest BCUT2D eigenvalue weighted by Gasteiger charge is -2.21. The molecule has 1 aromatic rings. The van der Waals surface area contributed by atoms with Crippen LogP contribution >= 0.6 is 0 Å². The molecule has 1 aromatic carbocycles. The van der Waals surface area contributed by atoms with Crippen LogP contribution in [-0.2, 0) is 4.79 Å². The molecule has 2 N–H and O–H groups in total. The van der Waals surface area contributed by atoms with Crippen molar-refractivity contribution in [2.24, 2.45) is 10.9 Å². The van der Waals surface area contributed by atoms with Gasteiger partial charge >= 0.3 is 0 Å². The largest absolute Gasteiger partial charge is 0.357 e. The van der Waals surface area contributed by atoms with E-state index in [0.29, 0.717) is 37.1 Å². The predicted molar refractivity (Wildman–Crippen MR) is 111 cm³/mol. The molecule has 1 aliphatic carbocycles. The lowest BCUT2D eigenvalue weighted by molar-refractivity contribution is -0.134. The molecular formula is C22H32F2N4O. The van der Waals surface area contributed by atoms with Crippen LogP contribution < -0.4 is 10.6 Å². The average molecular weight is 407 g/mol. The smallest absolute Gasteiger partial charge is 0.225 e. The Bertz CT molecular complexity index is 734. The van der Waals surface area contributed by atoms with Gasteiger partial charge in [0.15, 0.2) is 5.96 Å². The number of hydrogen-bond donors (Lipinski definition) is 2. The van der Waals surface area contributed by atoms with Crippen LogP contribution in [0.25, 0.3) is 0 Å². The molecular weight excluding hydrogens is 374 g/mol. The third-order valence-electron chi connectivity index (χ3n) is 5.91. The SMILES string of the molecule is CCNC(=NCC(C)c1ccc(F)cc1F)NC1CCN(C(=O)C2CCCC2)C1. The maximum atomic E-state index is 14.0. The van der Waals surface area contributed by atoms with E-state index in [-0.39, 0.29) is 17.9 Å². The van der Waals surface area contributed by atoms with Crippen LogP contribution in [0.5, 0.6) is 0 Å². The number of nitrogens with zero attached hydrogens (tertiary/aromatic N) is 2. The number of halogens is 2. The molecule has 0 bridgehead atoms. The van der Waals surface area contributed by atoms with Crippen molar-refractivity contribution in [3.8, 4) is 0 Å². The van der Waals surface area contributed by atoms with E-state index < -0.39 is 11.6 Å². The molecule has 5 nitrogen and oxygen atoms in total. The Morgan fingerprint density at radius 3 is 2.72 bits per heavy atom. The van der Waals surface area contributed by atoms with Crippen LogP contribution in [0.4, 0.5) is 8.78 Å². The summed E-state index contributed by atoms with van der Waals surface area (Å²) in [6.45, 7) is 6.44. The molecule has 2 aliphatic rings. The number of carbonyl (C=O) groups excluding carboxylic acids is 1. The molecule has 0 spiro atoms. The molecule has 1 saturated carbocycles. The van der Waals surface area contributed by atoms with Gasteiger partial charge in [0, 0.05) is 50.1 Å². The summed E-state index contributed by atoms with van der Waals surface area (Å²) in [4.78, 5) is 19.2. The summed E-state index contributed by atoms with van der Waals surface area (Å²) in [7, 11) is 0. The van der Waals surface area contributed by atoms with Crippen LogP contribution in [0.3, 0.4) is 0 Å². The quantitative estimate of drug-likeness (QED) is 0.562. The van der Waals surface area contributed by atoms with Crippen molar-refractivity contribution in [3.05, 3.63) is 35.4 Å². The van der Waals surface area contributed by atoms with E-state index in [4.69, 9.17) is 0 Å². The fourth-order valence-corrected chi connectivity index (χ4v) is 4.25. The van der Waals surface area contributed by atoms with Crippen molar-refractivity contribution >= 4 is 11.9 Å². The van der Waals surface area contributed by atoms with Crippen molar-refractivity contribution in [2.75, 3.05) is 26.2 Å². The number of guanidine groups is 1. The summed E-state index contributed by atoms with van der Waals surface area (Å²) in [6, 6.07) is 3.83. The van der Waals surface area contributed by atoms with Crippen LogP contribution in [0.1, 0.15) is 57.4 Å². The fourth-order valence-electron chi connectivity index (χ4n) is 4.25. The van der Waals surface area contributed by atoms with Crippen LogP contribution in [0.2, 0.25) is 0 Å². The van der Waals surface area contributed by atoms with Gasteiger partial charge < -0.3 is 15.5 Å². The normalized spacial score (nSPS) is 21.4. The van der Waals surface area contributed by atoms with Crippen molar-refractivity contribution in [1.82, 2.24) is 15.5 Å². The van der Waals surface area contributed by atoms with E-state index >= 15 is 0 Å². The summed E-state index contributed by atoms with van der Waals surface area (Å²) in [5, 5.41) is 6.64. The Morgan fingerprint density at radius 2 is 2.03 bits per heavy atom. The first-order valence-corrected chi connectivity index (χ1v) is 10.8. The highest BCUT2D eigenvalue weighted by atomic mass is 19.1. The average Bonchev–Trinajstić information content (AvgIpc) is 3.38. The lowest BCUT2D eigenvalue weighted by atomic mass is 10.0. The number of amides is 1. The number of hydrogen-bond acceptors (Lipinski definition) is 2. The van der Waals surface area contributed by atoms with E-state index in [0.717, 1.165) is 44.7 Å². The molecule has 1 aliphatic heterocycles. The lowest BCUT2D eigenvalue weighted by Crippen LogP contribution is -2.45. The van der Waals surface area contributed by atoms with Gasteiger partial charge in [-0.2, -0.15) is 0 Å². The van der Waals surface area contributed by atoms with Gasteiger partial charge in [0.2, 0.25) is 5.91 Å². The summed E-state index contributed by atoms with van der Waals surface area (Å²) in [5.74, 6) is -0.106. The Balaban J connectivity index is 1.56. The van der Waals surface area contributed by atoms with Crippen molar-refractivity contribution in [3.63, 3.8) is 0 Å². The molecule has 160 valence electrons. The first-order chi connectivity index (χ1) is 14.0. The molecule has 1 saturated heterocycles. The molecule has 3 rings (SSSR count). The Morgan fingerprint density at radius 1 is 1.28 bits per heavy atom.